The van der Waals surface area contributed by atoms with E-state index in [2.05, 4.69) is 11.0 Å². The van der Waals surface area contributed by atoms with Crippen molar-refractivity contribution in [2.75, 3.05) is 59.7 Å². The van der Waals surface area contributed by atoms with E-state index in [4.69, 9.17) is 14.7 Å². The van der Waals surface area contributed by atoms with Gasteiger partial charge in [0.2, 0.25) is 5.91 Å². The van der Waals surface area contributed by atoms with Gasteiger partial charge in [-0.3, -0.25) is 9.69 Å². The molecule has 0 aromatic rings. The van der Waals surface area contributed by atoms with Crippen LogP contribution in [0.25, 0.3) is 0 Å². The normalized spacial score (nSPS) is 16.2. The second-order valence-corrected chi connectivity index (χ2v) is 4.18. The first-order valence-electron chi connectivity index (χ1n) is 6.21. The topological polar surface area (TPSA) is 65.8 Å². The number of carbonyl (C=O) groups is 1. The lowest BCUT2D eigenvalue weighted by Gasteiger charge is -2.29. The third-order valence-electron chi connectivity index (χ3n) is 2.90. The second-order valence-electron chi connectivity index (χ2n) is 4.18. The first-order chi connectivity index (χ1) is 8.77. The van der Waals surface area contributed by atoms with Crippen LogP contribution in [0.1, 0.15) is 6.42 Å². The fourth-order valence-electron chi connectivity index (χ4n) is 1.85. The number of rotatable bonds is 7. The Morgan fingerprint density at radius 2 is 2.17 bits per heavy atom. The number of ether oxygens (including phenoxy) is 2. The summed E-state index contributed by atoms with van der Waals surface area (Å²) in [6.07, 6.45) is 0.360. The predicted molar refractivity (Wildman–Crippen MR) is 65.9 cm³/mol. The molecule has 0 unspecified atom stereocenters. The average molecular weight is 255 g/mol. The smallest absolute Gasteiger partial charge is 0.248 e. The highest BCUT2D eigenvalue weighted by molar-refractivity contribution is 5.77. The van der Waals surface area contributed by atoms with Crippen LogP contribution in [0.15, 0.2) is 0 Å². The minimum Gasteiger partial charge on any atom is -0.379 e. The SMILES string of the molecule is COCC(=O)N(CCC#N)CCN1CCOCC1. The summed E-state index contributed by atoms with van der Waals surface area (Å²) < 4.78 is 10.1. The Morgan fingerprint density at radius 1 is 1.44 bits per heavy atom. The fourth-order valence-corrected chi connectivity index (χ4v) is 1.85. The number of carbonyl (C=O) groups excluding carboxylic acids is 1. The Morgan fingerprint density at radius 3 is 2.78 bits per heavy atom. The maximum atomic E-state index is 11.8. The zero-order chi connectivity index (χ0) is 13.2. The van der Waals surface area contributed by atoms with Gasteiger partial charge in [-0.25, -0.2) is 0 Å². The van der Waals surface area contributed by atoms with Gasteiger partial charge >= 0.3 is 0 Å². The van der Waals surface area contributed by atoms with Gasteiger partial charge in [-0.05, 0) is 0 Å². The van der Waals surface area contributed by atoms with Crippen LogP contribution in [-0.4, -0.2) is 75.4 Å². The van der Waals surface area contributed by atoms with Crippen molar-refractivity contribution in [2.24, 2.45) is 0 Å². The van der Waals surface area contributed by atoms with E-state index < -0.39 is 0 Å². The van der Waals surface area contributed by atoms with E-state index in [0.29, 0.717) is 19.5 Å². The summed E-state index contributed by atoms with van der Waals surface area (Å²) in [5.41, 5.74) is 0. The molecule has 0 radical (unpaired) electrons. The summed E-state index contributed by atoms with van der Waals surface area (Å²) in [5, 5.41) is 8.60. The van der Waals surface area contributed by atoms with Gasteiger partial charge in [-0.2, -0.15) is 5.26 Å². The molecule has 0 atom stereocenters. The minimum atomic E-state index is -0.0546. The Labute approximate surface area is 108 Å². The molecule has 0 N–H and O–H groups in total. The summed E-state index contributed by atoms with van der Waals surface area (Å²) in [7, 11) is 1.50. The summed E-state index contributed by atoms with van der Waals surface area (Å²) in [6, 6.07) is 2.06. The second kappa shape index (κ2) is 8.86. The maximum absolute atomic E-state index is 11.8. The zero-order valence-electron chi connectivity index (χ0n) is 10.9. The molecule has 1 rings (SSSR count). The van der Waals surface area contributed by atoms with E-state index in [1.54, 1.807) is 4.90 Å². The molecule has 0 saturated carbocycles. The fraction of sp³-hybridized carbons (Fsp3) is 0.833. The van der Waals surface area contributed by atoms with E-state index in [9.17, 15) is 4.79 Å². The lowest BCUT2D eigenvalue weighted by atomic mass is 10.3. The van der Waals surface area contributed by atoms with Crippen molar-refractivity contribution in [1.82, 2.24) is 9.80 Å². The van der Waals surface area contributed by atoms with Gasteiger partial charge in [0.15, 0.2) is 0 Å². The number of amides is 1. The molecule has 102 valence electrons. The molecule has 1 aliphatic rings. The summed E-state index contributed by atoms with van der Waals surface area (Å²) in [6.45, 7) is 5.34. The molecule has 1 fully saturated rings. The van der Waals surface area contributed by atoms with Crippen molar-refractivity contribution in [2.45, 2.75) is 6.42 Å². The highest BCUT2D eigenvalue weighted by Crippen LogP contribution is 1.99. The van der Waals surface area contributed by atoms with Gasteiger partial charge in [0.05, 0.1) is 25.7 Å². The van der Waals surface area contributed by atoms with E-state index in [-0.39, 0.29) is 12.5 Å². The third kappa shape index (κ3) is 5.45. The number of hydrogen-bond acceptors (Lipinski definition) is 5. The summed E-state index contributed by atoms with van der Waals surface area (Å²) in [4.78, 5) is 15.7. The van der Waals surface area contributed by atoms with Crippen molar-refractivity contribution < 1.29 is 14.3 Å². The van der Waals surface area contributed by atoms with E-state index in [0.717, 1.165) is 32.8 Å². The molecule has 6 heteroatoms. The number of methoxy groups -OCH3 is 1. The van der Waals surface area contributed by atoms with Crippen LogP contribution in [0.5, 0.6) is 0 Å². The van der Waals surface area contributed by atoms with E-state index >= 15 is 0 Å². The maximum Gasteiger partial charge on any atom is 0.248 e. The third-order valence-corrected chi connectivity index (χ3v) is 2.90. The van der Waals surface area contributed by atoms with E-state index in [1.807, 2.05) is 0 Å². The number of hydrogen-bond donors (Lipinski definition) is 0. The highest BCUT2D eigenvalue weighted by Gasteiger charge is 2.16. The molecule has 18 heavy (non-hydrogen) atoms. The molecule has 1 heterocycles. The van der Waals surface area contributed by atoms with Gasteiger partial charge in [-0.1, -0.05) is 0 Å². The molecular formula is C12H21N3O3. The van der Waals surface area contributed by atoms with Crippen LogP contribution in [0.4, 0.5) is 0 Å². The van der Waals surface area contributed by atoms with Crippen molar-refractivity contribution >= 4 is 5.91 Å². The van der Waals surface area contributed by atoms with Crippen LogP contribution in [0, 0.1) is 11.3 Å². The Kier molecular flexibility index (Phi) is 7.34. The lowest BCUT2D eigenvalue weighted by molar-refractivity contribution is -0.135. The molecule has 1 saturated heterocycles. The van der Waals surface area contributed by atoms with Crippen molar-refractivity contribution in [1.29, 1.82) is 5.26 Å². The van der Waals surface area contributed by atoms with Gasteiger partial charge < -0.3 is 14.4 Å². The predicted octanol–water partition coefficient (Wildman–Crippen LogP) is -0.293. The van der Waals surface area contributed by atoms with E-state index in [1.165, 1.54) is 7.11 Å². The molecule has 0 aromatic carbocycles. The first-order valence-corrected chi connectivity index (χ1v) is 6.21. The molecule has 0 aliphatic carbocycles. The Balaban J connectivity index is 2.34. The van der Waals surface area contributed by atoms with Crippen LogP contribution in [0.3, 0.4) is 0 Å². The summed E-state index contributed by atoms with van der Waals surface area (Å²) >= 11 is 0. The van der Waals surface area contributed by atoms with Crippen molar-refractivity contribution in [3.8, 4) is 6.07 Å². The van der Waals surface area contributed by atoms with Gasteiger partial charge in [0.25, 0.3) is 0 Å². The molecular weight excluding hydrogens is 234 g/mol. The number of nitriles is 1. The molecule has 0 spiro atoms. The quantitative estimate of drug-likeness (QED) is 0.625. The number of morpholine rings is 1. The van der Waals surface area contributed by atoms with Gasteiger partial charge in [0.1, 0.15) is 6.61 Å². The molecule has 1 aliphatic heterocycles. The van der Waals surface area contributed by atoms with Gasteiger partial charge in [-0.15, -0.1) is 0 Å². The largest absolute Gasteiger partial charge is 0.379 e. The molecule has 0 aromatic heterocycles. The van der Waals surface area contributed by atoms with Crippen LogP contribution >= 0.6 is 0 Å². The lowest BCUT2D eigenvalue weighted by Crippen LogP contribution is -2.44. The molecule has 1 amide bonds. The van der Waals surface area contributed by atoms with Crippen LogP contribution in [0.2, 0.25) is 0 Å². The average Bonchev–Trinajstić information content (AvgIpc) is 2.40. The monoisotopic (exact) mass is 255 g/mol. The van der Waals surface area contributed by atoms with Crippen molar-refractivity contribution in [3.05, 3.63) is 0 Å². The zero-order valence-corrected chi connectivity index (χ0v) is 10.9. The highest BCUT2D eigenvalue weighted by atomic mass is 16.5. The Bertz CT molecular complexity index is 285. The van der Waals surface area contributed by atoms with Crippen molar-refractivity contribution in [3.63, 3.8) is 0 Å². The van der Waals surface area contributed by atoms with Crippen LogP contribution in [-0.2, 0) is 14.3 Å². The Hall–Kier alpha value is -1.16. The summed E-state index contributed by atoms with van der Waals surface area (Å²) in [5.74, 6) is -0.0546. The first kappa shape index (κ1) is 14.9. The number of nitrogens with zero attached hydrogens (tertiary/aromatic N) is 3. The van der Waals surface area contributed by atoms with Crippen LogP contribution < -0.4 is 0 Å². The minimum absolute atomic E-state index is 0.0546. The molecule has 0 bridgehead atoms. The molecule has 6 nitrogen and oxygen atoms in total. The standard InChI is InChI=1S/C12H21N3O3/c1-17-11-12(16)15(4-2-3-13)6-5-14-7-9-18-10-8-14/h2,4-11H2,1H3. The van der Waals surface area contributed by atoms with Gasteiger partial charge in [0, 0.05) is 39.8 Å².